The maximum absolute atomic E-state index is 5.62. The Morgan fingerprint density at radius 2 is 2.00 bits per heavy atom. The third-order valence-corrected chi connectivity index (χ3v) is 2.36. The summed E-state index contributed by atoms with van der Waals surface area (Å²) in [6, 6.07) is 10.9. The van der Waals surface area contributed by atoms with Gasteiger partial charge in [-0.05, 0) is 23.8 Å². The molecule has 5 heteroatoms. The second-order valence-corrected chi connectivity index (χ2v) is 3.81. The van der Waals surface area contributed by atoms with Gasteiger partial charge < -0.3 is 20.9 Å². The van der Waals surface area contributed by atoms with Crippen molar-refractivity contribution in [3.8, 4) is 11.6 Å². The Labute approximate surface area is 105 Å². The summed E-state index contributed by atoms with van der Waals surface area (Å²) in [7, 11) is 1.65. The maximum Gasteiger partial charge on any atom is 0.221 e. The highest BCUT2D eigenvalue weighted by Gasteiger charge is 2.02. The first-order chi connectivity index (χ1) is 8.69. The molecule has 0 aliphatic carbocycles. The molecule has 1 aromatic carbocycles. The smallest absolute Gasteiger partial charge is 0.221 e. The lowest BCUT2D eigenvalue weighted by atomic mass is 10.2. The van der Waals surface area contributed by atoms with Gasteiger partial charge in [-0.15, -0.1) is 0 Å². The molecule has 0 bridgehead atoms. The first-order valence-electron chi connectivity index (χ1n) is 5.47. The highest BCUT2D eigenvalue weighted by molar-refractivity contribution is 5.58. The average molecular weight is 245 g/mol. The number of rotatable bonds is 4. The van der Waals surface area contributed by atoms with Crippen LogP contribution in [0.15, 0.2) is 36.4 Å². The largest absolute Gasteiger partial charge is 0.439 e. The Balaban J connectivity index is 2.17. The SMILES string of the molecule is COCc1cccc(Oc2ccc(N)c(N)n2)c1. The quantitative estimate of drug-likeness (QED) is 0.862. The molecule has 94 valence electrons. The average Bonchev–Trinajstić information content (AvgIpc) is 2.35. The zero-order valence-corrected chi connectivity index (χ0v) is 10.1. The van der Waals surface area contributed by atoms with Crippen molar-refractivity contribution < 1.29 is 9.47 Å². The molecule has 0 saturated heterocycles. The van der Waals surface area contributed by atoms with E-state index in [1.165, 1.54) is 0 Å². The lowest BCUT2D eigenvalue weighted by Crippen LogP contribution is -1.99. The van der Waals surface area contributed by atoms with E-state index in [1.54, 1.807) is 19.2 Å². The highest BCUT2D eigenvalue weighted by Crippen LogP contribution is 2.23. The number of ether oxygens (including phenoxy) is 2. The minimum absolute atomic E-state index is 0.264. The maximum atomic E-state index is 5.62. The van der Waals surface area contributed by atoms with Gasteiger partial charge in [0.05, 0.1) is 12.3 Å². The Hall–Kier alpha value is -2.27. The fourth-order valence-corrected chi connectivity index (χ4v) is 1.51. The number of methoxy groups -OCH3 is 1. The zero-order chi connectivity index (χ0) is 13.0. The van der Waals surface area contributed by atoms with E-state index in [4.69, 9.17) is 20.9 Å². The van der Waals surface area contributed by atoms with Crippen molar-refractivity contribution in [3.63, 3.8) is 0 Å². The molecule has 0 atom stereocenters. The van der Waals surface area contributed by atoms with Gasteiger partial charge in [0.15, 0.2) is 5.82 Å². The molecule has 0 fully saturated rings. The van der Waals surface area contributed by atoms with Crippen LogP contribution in [0.1, 0.15) is 5.56 Å². The van der Waals surface area contributed by atoms with Gasteiger partial charge in [-0.1, -0.05) is 12.1 Å². The van der Waals surface area contributed by atoms with E-state index in [1.807, 2.05) is 24.3 Å². The summed E-state index contributed by atoms with van der Waals surface area (Å²) < 4.78 is 10.7. The molecule has 4 N–H and O–H groups in total. The van der Waals surface area contributed by atoms with Crippen LogP contribution in [0.25, 0.3) is 0 Å². The number of benzene rings is 1. The van der Waals surface area contributed by atoms with Gasteiger partial charge in [-0.25, -0.2) is 0 Å². The van der Waals surface area contributed by atoms with Crippen molar-refractivity contribution in [2.75, 3.05) is 18.6 Å². The van der Waals surface area contributed by atoms with E-state index < -0.39 is 0 Å². The van der Waals surface area contributed by atoms with E-state index in [2.05, 4.69) is 4.98 Å². The number of pyridine rings is 1. The molecule has 0 amide bonds. The van der Waals surface area contributed by atoms with Crippen molar-refractivity contribution in [3.05, 3.63) is 42.0 Å². The number of hydrogen-bond donors (Lipinski definition) is 2. The van der Waals surface area contributed by atoms with Gasteiger partial charge in [-0.2, -0.15) is 4.98 Å². The van der Waals surface area contributed by atoms with E-state index >= 15 is 0 Å². The Morgan fingerprint density at radius 3 is 2.72 bits per heavy atom. The van der Waals surface area contributed by atoms with Crippen molar-refractivity contribution >= 4 is 11.5 Å². The Kier molecular flexibility index (Phi) is 3.64. The number of nitrogen functional groups attached to an aromatic ring is 2. The van der Waals surface area contributed by atoms with Crippen LogP contribution >= 0.6 is 0 Å². The molecule has 0 saturated carbocycles. The zero-order valence-electron chi connectivity index (χ0n) is 10.1. The molecule has 0 aliphatic rings. The van der Waals surface area contributed by atoms with Crippen LogP contribution in [0.5, 0.6) is 11.6 Å². The van der Waals surface area contributed by atoms with Crippen molar-refractivity contribution in [2.24, 2.45) is 0 Å². The van der Waals surface area contributed by atoms with Crippen LogP contribution in [0.2, 0.25) is 0 Å². The lowest BCUT2D eigenvalue weighted by Gasteiger charge is -2.07. The fourth-order valence-electron chi connectivity index (χ4n) is 1.51. The number of aromatic nitrogens is 1. The predicted molar refractivity (Wildman–Crippen MR) is 70.3 cm³/mol. The second-order valence-electron chi connectivity index (χ2n) is 3.81. The number of anilines is 2. The van der Waals surface area contributed by atoms with E-state index in [9.17, 15) is 0 Å². The van der Waals surface area contributed by atoms with Gasteiger partial charge in [0, 0.05) is 13.2 Å². The predicted octanol–water partition coefficient (Wildman–Crippen LogP) is 2.18. The number of hydrogen-bond acceptors (Lipinski definition) is 5. The third-order valence-electron chi connectivity index (χ3n) is 2.36. The monoisotopic (exact) mass is 245 g/mol. The molecule has 2 rings (SSSR count). The Morgan fingerprint density at radius 1 is 1.17 bits per heavy atom. The number of nitrogens with zero attached hydrogens (tertiary/aromatic N) is 1. The van der Waals surface area contributed by atoms with Crippen LogP contribution in [0, 0.1) is 0 Å². The summed E-state index contributed by atoms with van der Waals surface area (Å²) in [4.78, 5) is 4.04. The molecule has 1 heterocycles. The first-order valence-corrected chi connectivity index (χ1v) is 5.47. The molecule has 1 aromatic heterocycles. The highest BCUT2D eigenvalue weighted by atomic mass is 16.5. The molecule has 0 unspecified atom stereocenters. The van der Waals surface area contributed by atoms with Crippen LogP contribution in [0.3, 0.4) is 0 Å². The lowest BCUT2D eigenvalue weighted by molar-refractivity contribution is 0.184. The van der Waals surface area contributed by atoms with E-state index in [0.717, 1.165) is 5.56 Å². The summed E-state index contributed by atoms with van der Waals surface area (Å²) in [6.07, 6.45) is 0. The first kappa shape index (κ1) is 12.2. The molecule has 18 heavy (non-hydrogen) atoms. The van der Waals surface area contributed by atoms with Gasteiger partial charge in [0.1, 0.15) is 5.75 Å². The number of nitrogens with two attached hydrogens (primary N) is 2. The minimum Gasteiger partial charge on any atom is -0.439 e. The third kappa shape index (κ3) is 2.89. The van der Waals surface area contributed by atoms with Crippen LogP contribution in [-0.2, 0) is 11.3 Å². The summed E-state index contributed by atoms with van der Waals surface area (Å²) >= 11 is 0. The summed E-state index contributed by atoms with van der Waals surface area (Å²) in [5.41, 5.74) is 12.7. The summed E-state index contributed by atoms with van der Waals surface area (Å²) in [5, 5.41) is 0. The second kappa shape index (κ2) is 5.37. The molecule has 0 spiro atoms. The van der Waals surface area contributed by atoms with Crippen molar-refractivity contribution in [1.29, 1.82) is 0 Å². The van der Waals surface area contributed by atoms with Gasteiger partial charge in [0.25, 0.3) is 0 Å². The van der Waals surface area contributed by atoms with E-state index in [0.29, 0.717) is 23.9 Å². The molecule has 2 aromatic rings. The van der Waals surface area contributed by atoms with Crippen LogP contribution in [0.4, 0.5) is 11.5 Å². The van der Waals surface area contributed by atoms with Gasteiger partial charge >= 0.3 is 0 Å². The minimum atomic E-state index is 0.264. The fraction of sp³-hybridized carbons (Fsp3) is 0.154. The summed E-state index contributed by atoms with van der Waals surface area (Å²) in [5.74, 6) is 1.36. The Bertz CT molecular complexity index is 544. The van der Waals surface area contributed by atoms with E-state index in [-0.39, 0.29) is 5.82 Å². The van der Waals surface area contributed by atoms with Crippen LogP contribution in [-0.4, -0.2) is 12.1 Å². The molecule has 5 nitrogen and oxygen atoms in total. The molecule has 0 radical (unpaired) electrons. The van der Waals surface area contributed by atoms with Crippen LogP contribution < -0.4 is 16.2 Å². The molecule has 0 aliphatic heterocycles. The van der Waals surface area contributed by atoms with Gasteiger partial charge in [-0.3, -0.25) is 0 Å². The molecular weight excluding hydrogens is 230 g/mol. The molecular formula is C13H15N3O2. The normalized spacial score (nSPS) is 10.3. The standard InChI is InChI=1S/C13H15N3O2/c1-17-8-9-3-2-4-10(7-9)18-12-6-5-11(14)13(15)16-12/h2-7H,8,14H2,1H3,(H2,15,16). The van der Waals surface area contributed by atoms with Crippen molar-refractivity contribution in [1.82, 2.24) is 4.98 Å². The topological polar surface area (TPSA) is 83.4 Å². The van der Waals surface area contributed by atoms with Gasteiger partial charge in [0.2, 0.25) is 5.88 Å². The van der Waals surface area contributed by atoms with Crippen molar-refractivity contribution in [2.45, 2.75) is 6.61 Å². The summed E-state index contributed by atoms with van der Waals surface area (Å²) in [6.45, 7) is 0.536.